The fourth-order valence-electron chi connectivity index (χ4n) is 2.81. The van der Waals surface area contributed by atoms with Gasteiger partial charge in [-0.25, -0.2) is 0 Å². The molecule has 2 fully saturated rings. The Labute approximate surface area is 106 Å². The highest BCUT2D eigenvalue weighted by molar-refractivity contribution is 4.81. The number of piperazine rings is 1. The molecule has 0 aromatic rings. The Morgan fingerprint density at radius 3 is 2.29 bits per heavy atom. The number of likely N-dealkylation sites (N-methyl/N-ethyl adjacent to an activating group) is 1. The topological polar surface area (TPSA) is 35.7 Å². The van der Waals surface area contributed by atoms with Crippen LogP contribution in [0.1, 0.15) is 13.3 Å². The Balaban J connectivity index is 1.65. The minimum absolute atomic E-state index is 0.426. The van der Waals surface area contributed by atoms with Gasteiger partial charge >= 0.3 is 0 Å². The zero-order valence-corrected chi connectivity index (χ0v) is 11.4. The summed E-state index contributed by atoms with van der Waals surface area (Å²) in [6.45, 7) is 12.0. The van der Waals surface area contributed by atoms with Crippen molar-refractivity contribution in [3.63, 3.8) is 0 Å². The highest BCUT2D eigenvalue weighted by Crippen LogP contribution is 2.14. The second kappa shape index (κ2) is 6.14. The van der Waals surface area contributed by atoms with Gasteiger partial charge in [0.05, 0.1) is 0 Å². The van der Waals surface area contributed by atoms with Gasteiger partial charge in [-0.3, -0.25) is 4.90 Å². The van der Waals surface area contributed by atoms with Gasteiger partial charge in [-0.05, 0) is 25.9 Å². The smallest absolute Gasteiger partial charge is 0.0110 e. The lowest BCUT2D eigenvalue weighted by molar-refractivity contribution is 0.113. The normalized spacial score (nSPS) is 34.1. The van der Waals surface area contributed by atoms with Crippen LogP contribution in [0, 0.1) is 5.92 Å². The molecule has 2 rings (SSSR count). The van der Waals surface area contributed by atoms with Crippen LogP contribution in [0.5, 0.6) is 0 Å². The van der Waals surface area contributed by atoms with Crippen molar-refractivity contribution in [2.24, 2.45) is 11.7 Å². The van der Waals surface area contributed by atoms with E-state index in [1.807, 2.05) is 0 Å². The molecule has 17 heavy (non-hydrogen) atoms. The van der Waals surface area contributed by atoms with Gasteiger partial charge in [0.15, 0.2) is 0 Å². The molecule has 2 heterocycles. The molecule has 0 saturated carbocycles. The summed E-state index contributed by atoms with van der Waals surface area (Å²) in [5.74, 6) is 0.663. The van der Waals surface area contributed by atoms with E-state index in [1.165, 1.54) is 58.8 Å². The van der Waals surface area contributed by atoms with Crippen LogP contribution in [0.15, 0.2) is 0 Å². The van der Waals surface area contributed by atoms with Crippen LogP contribution in [0.4, 0.5) is 0 Å². The van der Waals surface area contributed by atoms with Gasteiger partial charge in [-0.2, -0.15) is 0 Å². The molecular weight excluding hydrogens is 212 g/mol. The maximum Gasteiger partial charge on any atom is 0.0110 e. The second-order valence-corrected chi connectivity index (χ2v) is 5.88. The van der Waals surface area contributed by atoms with Gasteiger partial charge in [-0.15, -0.1) is 0 Å². The standard InChI is InChI=1S/C13H28N4/c1-12-11-17(4-3-13(12)14)10-9-16-7-5-15(2)6-8-16/h12-13H,3-11,14H2,1-2H3. The van der Waals surface area contributed by atoms with Crippen molar-refractivity contribution in [3.8, 4) is 0 Å². The monoisotopic (exact) mass is 240 g/mol. The van der Waals surface area contributed by atoms with Crippen molar-refractivity contribution < 1.29 is 0 Å². The van der Waals surface area contributed by atoms with Crippen LogP contribution < -0.4 is 5.73 Å². The molecule has 2 aliphatic heterocycles. The summed E-state index contributed by atoms with van der Waals surface area (Å²) in [7, 11) is 2.21. The van der Waals surface area contributed by atoms with Crippen molar-refractivity contribution in [1.29, 1.82) is 0 Å². The van der Waals surface area contributed by atoms with Crippen LogP contribution in [0.2, 0.25) is 0 Å². The Bertz CT molecular complexity index is 225. The number of nitrogens with zero attached hydrogens (tertiary/aromatic N) is 3. The third-order valence-corrected chi connectivity index (χ3v) is 4.38. The largest absolute Gasteiger partial charge is 0.327 e. The Morgan fingerprint density at radius 2 is 1.65 bits per heavy atom. The lowest BCUT2D eigenvalue weighted by Crippen LogP contribution is -2.50. The molecular formula is C13H28N4. The van der Waals surface area contributed by atoms with Crippen LogP contribution in [0.3, 0.4) is 0 Å². The Kier molecular flexibility index (Phi) is 4.79. The van der Waals surface area contributed by atoms with Gasteiger partial charge in [0.1, 0.15) is 0 Å². The van der Waals surface area contributed by atoms with Crippen molar-refractivity contribution in [1.82, 2.24) is 14.7 Å². The van der Waals surface area contributed by atoms with E-state index in [0.717, 1.165) is 0 Å². The van der Waals surface area contributed by atoms with Crippen LogP contribution >= 0.6 is 0 Å². The number of nitrogens with two attached hydrogens (primary N) is 1. The molecule has 0 aromatic carbocycles. The third kappa shape index (κ3) is 3.91. The molecule has 2 aliphatic rings. The minimum atomic E-state index is 0.426. The molecule has 100 valence electrons. The van der Waals surface area contributed by atoms with Gasteiger partial charge in [0.2, 0.25) is 0 Å². The molecule has 2 saturated heterocycles. The van der Waals surface area contributed by atoms with Crippen molar-refractivity contribution >= 4 is 0 Å². The van der Waals surface area contributed by atoms with E-state index in [4.69, 9.17) is 5.73 Å². The maximum atomic E-state index is 6.05. The first kappa shape index (κ1) is 13.3. The van der Waals surface area contributed by atoms with E-state index in [1.54, 1.807) is 0 Å². The molecule has 0 aromatic heterocycles. The lowest BCUT2D eigenvalue weighted by atomic mass is 9.95. The van der Waals surface area contributed by atoms with E-state index in [2.05, 4.69) is 28.7 Å². The molecule has 0 amide bonds. The van der Waals surface area contributed by atoms with E-state index in [0.29, 0.717) is 12.0 Å². The molecule has 4 nitrogen and oxygen atoms in total. The lowest BCUT2D eigenvalue weighted by Gasteiger charge is -2.37. The van der Waals surface area contributed by atoms with Gasteiger partial charge in [0, 0.05) is 51.9 Å². The fourth-order valence-corrected chi connectivity index (χ4v) is 2.81. The molecule has 2 atom stereocenters. The van der Waals surface area contributed by atoms with E-state index in [9.17, 15) is 0 Å². The molecule has 0 bridgehead atoms. The van der Waals surface area contributed by atoms with E-state index < -0.39 is 0 Å². The number of piperidine rings is 1. The van der Waals surface area contributed by atoms with Crippen LogP contribution in [-0.2, 0) is 0 Å². The summed E-state index contributed by atoms with van der Waals surface area (Å²) in [6, 6.07) is 0.426. The van der Waals surface area contributed by atoms with Gasteiger partial charge in [-0.1, -0.05) is 6.92 Å². The highest BCUT2D eigenvalue weighted by Gasteiger charge is 2.23. The molecule has 0 aliphatic carbocycles. The molecule has 4 heteroatoms. The predicted molar refractivity (Wildman–Crippen MR) is 72.1 cm³/mol. The average Bonchev–Trinajstić information content (AvgIpc) is 2.33. The molecule has 2 N–H and O–H groups in total. The first-order chi connectivity index (χ1) is 8.15. The summed E-state index contributed by atoms with van der Waals surface area (Å²) in [5, 5.41) is 0. The molecule has 0 spiro atoms. The molecule has 0 radical (unpaired) electrons. The first-order valence-corrected chi connectivity index (χ1v) is 7.04. The number of hydrogen-bond acceptors (Lipinski definition) is 4. The Morgan fingerprint density at radius 1 is 1.00 bits per heavy atom. The SMILES string of the molecule is CC1CN(CCN2CCN(C)CC2)CCC1N. The predicted octanol–water partition coefficient (Wildman–Crippen LogP) is -0.0971. The maximum absolute atomic E-state index is 6.05. The van der Waals surface area contributed by atoms with E-state index >= 15 is 0 Å². The van der Waals surface area contributed by atoms with E-state index in [-0.39, 0.29) is 0 Å². The fraction of sp³-hybridized carbons (Fsp3) is 1.00. The molecule has 2 unspecified atom stereocenters. The van der Waals surface area contributed by atoms with Crippen LogP contribution in [-0.4, -0.2) is 80.1 Å². The summed E-state index contributed by atoms with van der Waals surface area (Å²) < 4.78 is 0. The first-order valence-electron chi connectivity index (χ1n) is 7.04. The summed E-state index contributed by atoms with van der Waals surface area (Å²) in [4.78, 5) is 7.60. The summed E-state index contributed by atoms with van der Waals surface area (Å²) >= 11 is 0. The summed E-state index contributed by atoms with van der Waals surface area (Å²) in [5.41, 5.74) is 6.05. The van der Waals surface area contributed by atoms with Crippen LogP contribution in [0.25, 0.3) is 0 Å². The average molecular weight is 240 g/mol. The zero-order chi connectivity index (χ0) is 12.3. The zero-order valence-electron chi connectivity index (χ0n) is 11.4. The number of likely N-dealkylation sites (tertiary alicyclic amines) is 1. The number of rotatable bonds is 3. The quantitative estimate of drug-likeness (QED) is 0.747. The minimum Gasteiger partial charge on any atom is -0.327 e. The third-order valence-electron chi connectivity index (χ3n) is 4.38. The van der Waals surface area contributed by atoms with Gasteiger partial charge in [0.25, 0.3) is 0 Å². The van der Waals surface area contributed by atoms with Crippen molar-refractivity contribution in [3.05, 3.63) is 0 Å². The van der Waals surface area contributed by atoms with Crippen molar-refractivity contribution in [2.75, 3.05) is 59.4 Å². The second-order valence-electron chi connectivity index (χ2n) is 5.88. The van der Waals surface area contributed by atoms with Crippen molar-refractivity contribution in [2.45, 2.75) is 19.4 Å². The Hall–Kier alpha value is -0.160. The number of hydrogen-bond donors (Lipinski definition) is 1. The highest BCUT2D eigenvalue weighted by atomic mass is 15.3. The van der Waals surface area contributed by atoms with Gasteiger partial charge < -0.3 is 15.5 Å². The summed E-state index contributed by atoms with van der Waals surface area (Å²) in [6.07, 6.45) is 1.17.